The summed E-state index contributed by atoms with van der Waals surface area (Å²) in [6.45, 7) is 5.34. The second-order valence-electron chi connectivity index (χ2n) is 10.9. The normalized spacial score (nSPS) is 16.7. The molecule has 40 heavy (non-hydrogen) atoms. The molecule has 1 aliphatic carbocycles. The van der Waals surface area contributed by atoms with Crippen LogP contribution in [-0.2, 0) is 9.53 Å². The van der Waals surface area contributed by atoms with Crippen molar-refractivity contribution in [2.45, 2.75) is 70.3 Å². The minimum atomic E-state index is -0.103. The van der Waals surface area contributed by atoms with Crippen molar-refractivity contribution in [3.8, 4) is 11.4 Å². The van der Waals surface area contributed by atoms with Crippen LogP contribution in [0, 0.1) is 0 Å². The summed E-state index contributed by atoms with van der Waals surface area (Å²) in [5, 5.41) is 12.1. The average Bonchev–Trinajstić information content (AvgIpc) is 3.51. The van der Waals surface area contributed by atoms with Crippen molar-refractivity contribution >= 4 is 23.3 Å². The zero-order chi connectivity index (χ0) is 27.6. The molecule has 2 aromatic heterocycles. The number of piperazine rings is 1. The summed E-state index contributed by atoms with van der Waals surface area (Å²) in [4.78, 5) is 25.3. The highest BCUT2D eigenvalue weighted by Crippen LogP contribution is 2.28. The van der Waals surface area contributed by atoms with Gasteiger partial charge in [-0.15, -0.1) is 5.10 Å². The predicted octanol–water partition coefficient (Wildman–Crippen LogP) is 5.23. The summed E-state index contributed by atoms with van der Waals surface area (Å²) < 4.78 is 6.71. The van der Waals surface area contributed by atoms with E-state index in [4.69, 9.17) is 9.72 Å². The maximum Gasteiger partial charge on any atom is 0.305 e. The van der Waals surface area contributed by atoms with Gasteiger partial charge in [0.2, 0.25) is 5.95 Å². The van der Waals surface area contributed by atoms with Crippen molar-refractivity contribution in [3.63, 3.8) is 0 Å². The number of carbonyl (C=O) groups excluding carboxylic acids is 1. The SMILES string of the molecule is COC(=O)CCCCCCN1CCN(c2ccc(Nc3nccc(-c4cn(C5CCCCC5)nn4)n3)cc2)CC1. The number of rotatable bonds is 12. The third kappa shape index (κ3) is 7.78. The van der Waals surface area contributed by atoms with Crippen molar-refractivity contribution in [2.24, 2.45) is 0 Å². The minimum absolute atomic E-state index is 0.103. The first-order valence-electron chi connectivity index (χ1n) is 14.8. The number of carbonyl (C=O) groups is 1. The fourth-order valence-electron chi connectivity index (χ4n) is 5.65. The lowest BCUT2D eigenvalue weighted by Gasteiger charge is -2.36. The van der Waals surface area contributed by atoms with Crippen LogP contribution >= 0.6 is 0 Å². The molecule has 0 spiro atoms. The third-order valence-electron chi connectivity index (χ3n) is 8.07. The molecule has 0 atom stereocenters. The summed E-state index contributed by atoms with van der Waals surface area (Å²) in [5.74, 6) is 0.449. The summed E-state index contributed by atoms with van der Waals surface area (Å²) >= 11 is 0. The van der Waals surface area contributed by atoms with Gasteiger partial charge >= 0.3 is 5.97 Å². The molecule has 2 fully saturated rings. The molecule has 214 valence electrons. The number of hydrogen-bond acceptors (Lipinski definition) is 9. The standard InChI is InChI=1S/C30H42N8O2/c1-40-29(39)11-7-2-3-8-18-36-19-21-37(22-20-36)25-14-12-24(13-15-25)32-30-31-17-16-27(33-30)28-23-38(35-34-28)26-9-5-4-6-10-26/h12-17,23,26H,2-11,18-22H2,1H3,(H,31,32,33). The average molecular weight is 547 g/mol. The predicted molar refractivity (Wildman–Crippen MR) is 157 cm³/mol. The van der Waals surface area contributed by atoms with Gasteiger partial charge in [0.05, 0.1) is 25.0 Å². The molecule has 10 nitrogen and oxygen atoms in total. The van der Waals surface area contributed by atoms with Gasteiger partial charge in [-0.3, -0.25) is 9.69 Å². The summed E-state index contributed by atoms with van der Waals surface area (Å²) in [5.41, 5.74) is 3.75. The number of esters is 1. The number of ether oxygens (including phenoxy) is 1. The quantitative estimate of drug-likeness (QED) is 0.242. The van der Waals surface area contributed by atoms with Gasteiger partial charge in [0.25, 0.3) is 0 Å². The van der Waals surface area contributed by atoms with Gasteiger partial charge in [-0.05, 0) is 62.6 Å². The number of aromatic nitrogens is 5. The first-order chi connectivity index (χ1) is 19.7. The molecule has 0 amide bonds. The first-order valence-corrected chi connectivity index (χ1v) is 14.8. The topological polar surface area (TPSA) is 101 Å². The Morgan fingerprint density at radius 2 is 1.73 bits per heavy atom. The van der Waals surface area contributed by atoms with Crippen LogP contribution in [0.4, 0.5) is 17.3 Å². The molecule has 1 saturated heterocycles. The number of hydrogen-bond donors (Lipinski definition) is 1. The molecular formula is C30H42N8O2. The lowest BCUT2D eigenvalue weighted by atomic mass is 9.96. The van der Waals surface area contributed by atoms with Crippen LogP contribution in [0.1, 0.15) is 70.3 Å². The second kappa shape index (κ2) is 14.2. The Morgan fingerprint density at radius 3 is 2.50 bits per heavy atom. The molecule has 1 aromatic carbocycles. The molecule has 1 saturated carbocycles. The van der Waals surface area contributed by atoms with E-state index in [1.54, 1.807) is 6.20 Å². The number of nitrogens with one attached hydrogen (secondary N) is 1. The molecule has 0 unspecified atom stereocenters. The van der Waals surface area contributed by atoms with Crippen LogP contribution in [0.15, 0.2) is 42.7 Å². The van der Waals surface area contributed by atoms with E-state index in [0.29, 0.717) is 18.4 Å². The lowest BCUT2D eigenvalue weighted by Crippen LogP contribution is -2.46. The van der Waals surface area contributed by atoms with Gasteiger partial charge in [0.15, 0.2) is 0 Å². The van der Waals surface area contributed by atoms with Crippen molar-refractivity contribution in [1.29, 1.82) is 0 Å². The van der Waals surface area contributed by atoms with Crippen LogP contribution < -0.4 is 10.2 Å². The summed E-state index contributed by atoms with van der Waals surface area (Å²) in [6, 6.07) is 10.8. The molecule has 1 aliphatic heterocycles. The van der Waals surface area contributed by atoms with E-state index in [1.165, 1.54) is 57.7 Å². The highest BCUT2D eigenvalue weighted by atomic mass is 16.5. The van der Waals surface area contributed by atoms with E-state index in [2.05, 4.69) is 54.7 Å². The van der Waals surface area contributed by atoms with Crippen LogP contribution in [0.2, 0.25) is 0 Å². The third-order valence-corrected chi connectivity index (χ3v) is 8.07. The smallest absolute Gasteiger partial charge is 0.305 e. The zero-order valence-corrected chi connectivity index (χ0v) is 23.7. The van der Waals surface area contributed by atoms with Crippen molar-refractivity contribution in [3.05, 3.63) is 42.7 Å². The molecule has 0 radical (unpaired) electrons. The van der Waals surface area contributed by atoms with Gasteiger partial charge < -0.3 is 15.0 Å². The number of nitrogens with zero attached hydrogens (tertiary/aromatic N) is 7. The van der Waals surface area contributed by atoms with E-state index in [-0.39, 0.29) is 5.97 Å². The molecule has 3 heterocycles. The Labute approximate surface area is 237 Å². The van der Waals surface area contributed by atoms with Crippen LogP contribution in [0.3, 0.4) is 0 Å². The molecule has 1 N–H and O–H groups in total. The van der Waals surface area contributed by atoms with Gasteiger partial charge in [-0.25, -0.2) is 14.6 Å². The number of methoxy groups -OCH3 is 1. The van der Waals surface area contributed by atoms with Crippen molar-refractivity contribution < 1.29 is 9.53 Å². The number of unbranched alkanes of at least 4 members (excludes halogenated alkanes) is 3. The summed E-state index contributed by atoms with van der Waals surface area (Å²) in [7, 11) is 1.45. The van der Waals surface area contributed by atoms with Crippen molar-refractivity contribution in [1.82, 2.24) is 29.9 Å². The highest BCUT2D eigenvalue weighted by molar-refractivity contribution is 5.69. The Morgan fingerprint density at radius 1 is 0.950 bits per heavy atom. The van der Waals surface area contributed by atoms with E-state index in [9.17, 15) is 4.79 Å². The highest BCUT2D eigenvalue weighted by Gasteiger charge is 2.19. The zero-order valence-electron chi connectivity index (χ0n) is 23.7. The first kappa shape index (κ1) is 28.0. The Balaban J connectivity index is 1.06. The van der Waals surface area contributed by atoms with Gasteiger partial charge in [-0.2, -0.15) is 0 Å². The van der Waals surface area contributed by atoms with E-state index >= 15 is 0 Å². The second-order valence-corrected chi connectivity index (χ2v) is 10.9. The molecule has 2 aliphatic rings. The molecule has 5 rings (SSSR count). The van der Waals surface area contributed by atoms with Crippen LogP contribution in [0.25, 0.3) is 11.4 Å². The largest absolute Gasteiger partial charge is 0.469 e. The maximum absolute atomic E-state index is 11.2. The van der Waals surface area contributed by atoms with E-state index in [1.807, 2.05) is 16.9 Å². The van der Waals surface area contributed by atoms with Gasteiger partial charge in [-0.1, -0.05) is 37.3 Å². The monoisotopic (exact) mass is 546 g/mol. The fourth-order valence-corrected chi connectivity index (χ4v) is 5.65. The Hall–Kier alpha value is -3.53. The van der Waals surface area contributed by atoms with Gasteiger partial charge in [0.1, 0.15) is 5.69 Å². The molecular weight excluding hydrogens is 504 g/mol. The van der Waals surface area contributed by atoms with Gasteiger partial charge in [0, 0.05) is 50.2 Å². The molecule has 3 aromatic rings. The summed E-state index contributed by atoms with van der Waals surface area (Å²) in [6.07, 6.45) is 14.9. The molecule has 10 heteroatoms. The maximum atomic E-state index is 11.2. The fraction of sp³-hybridized carbons (Fsp3) is 0.567. The van der Waals surface area contributed by atoms with Crippen molar-refractivity contribution in [2.75, 3.05) is 50.1 Å². The number of anilines is 3. The molecule has 0 bridgehead atoms. The van der Waals surface area contributed by atoms with Crippen LogP contribution in [-0.4, -0.2) is 75.7 Å². The van der Waals surface area contributed by atoms with E-state index in [0.717, 1.165) is 62.6 Å². The number of benzene rings is 1. The Kier molecular flexibility index (Phi) is 9.95. The lowest BCUT2D eigenvalue weighted by molar-refractivity contribution is -0.140. The Bertz CT molecular complexity index is 1200. The van der Waals surface area contributed by atoms with E-state index < -0.39 is 0 Å². The minimum Gasteiger partial charge on any atom is -0.469 e. The van der Waals surface area contributed by atoms with Crippen LogP contribution in [0.5, 0.6) is 0 Å².